The Hall–Kier alpha value is -2.05. The number of aliphatic hydroxyl groups excluding tert-OH is 1. The van der Waals surface area contributed by atoms with Crippen LogP contribution in [0.15, 0.2) is 47.4 Å². The summed E-state index contributed by atoms with van der Waals surface area (Å²) in [6.45, 7) is 0.0304. The van der Waals surface area contributed by atoms with Gasteiger partial charge < -0.3 is 10.4 Å². The van der Waals surface area contributed by atoms with Crippen LogP contribution in [0.2, 0.25) is 0 Å². The van der Waals surface area contributed by atoms with Gasteiger partial charge in [0.1, 0.15) is 5.69 Å². The molecule has 0 aliphatic rings. The molecule has 0 aromatic heterocycles. The number of nitrogens with one attached hydrogen (secondary N) is 1. The monoisotopic (exact) mass is 304 g/mol. The van der Waals surface area contributed by atoms with E-state index in [1.165, 1.54) is 0 Å². The molecule has 5 nitrogen and oxygen atoms in total. The van der Waals surface area contributed by atoms with E-state index in [9.17, 15) is 10.1 Å². The lowest BCUT2D eigenvalue weighted by molar-refractivity contribution is -0.384. The van der Waals surface area contributed by atoms with Crippen molar-refractivity contribution >= 4 is 23.1 Å². The molecule has 0 heterocycles. The molecule has 2 aromatic carbocycles. The van der Waals surface area contributed by atoms with Crippen molar-refractivity contribution in [3.8, 4) is 0 Å². The van der Waals surface area contributed by atoms with Gasteiger partial charge in [-0.3, -0.25) is 10.1 Å². The average Bonchev–Trinajstić information content (AvgIpc) is 2.53. The quantitative estimate of drug-likeness (QED) is 0.486. The molecule has 0 saturated heterocycles. The van der Waals surface area contributed by atoms with Gasteiger partial charge in [-0.05, 0) is 29.3 Å². The largest absolute Gasteiger partial charge is 0.392 e. The Labute approximate surface area is 127 Å². The first-order valence-corrected chi connectivity index (χ1v) is 7.40. The standard InChI is InChI=1S/C15H16N2O3S/c1-16-14-7-4-12(8-15(14)17(19)20)10-21-13-5-2-11(9-18)3-6-13/h2-8,16,18H,9-10H2,1H3. The highest BCUT2D eigenvalue weighted by molar-refractivity contribution is 7.98. The lowest BCUT2D eigenvalue weighted by Crippen LogP contribution is -1.97. The predicted molar refractivity (Wildman–Crippen MR) is 84.6 cm³/mol. The SMILES string of the molecule is CNc1ccc(CSc2ccc(CO)cc2)cc1[N+](=O)[O-]. The summed E-state index contributed by atoms with van der Waals surface area (Å²) in [5.41, 5.74) is 2.37. The first-order valence-electron chi connectivity index (χ1n) is 6.41. The molecular formula is C15H16N2O3S. The van der Waals surface area contributed by atoms with E-state index in [0.717, 1.165) is 16.0 Å². The summed E-state index contributed by atoms with van der Waals surface area (Å²) in [6.07, 6.45) is 0. The lowest BCUT2D eigenvalue weighted by Gasteiger charge is -2.06. The number of aliphatic hydroxyl groups is 1. The number of nitro groups is 1. The summed E-state index contributed by atoms with van der Waals surface area (Å²) in [4.78, 5) is 11.7. The third-order valence-electron chi connectivity index (χ3n) is 3.04. The second kappa shape index (κ2) is 7.10. The molecule has 2 rings (SSSR count). The summed E-state index contributed by atoms with van der Waals surface area (Å²) in [6, 6.07) is 12.8. The van der Waals surface area contributed by atoms with Crippen LogP contribution < -0.4 is 5.32 Å². The number of benzene rings is 2. The minimum absolute atomic E-state index is 0.0304. The zero-order chi connectivity index (χ0) is 15.2. The van der Waals surface area contributed by atoms with Gasteiger partial charge in [0.2, 0.25) is 0 Å². The molecule has 0 atom stereocenters. The molecule has 2 aromatic rings. The second-order valence-electron chi connectivity index (χ2n) is 4.45. The number of nitro benzene ring substituents is 1. The van der Waals surface area contributed by atoms with Gasteiger partial charge in [0, 0.05) is 23.8 Å². The fourth-order valence-corrected chi connectivity index (χ4v) is 2.73. The normalized spacial score (nSPS) is 10.4. The number of thioether (sulfide) groups is 1. The molecule has 2 N–H and O–H groups in total. The van der Waals surface area contributed by atoms with Crippen molar-refractivity contribution in [3.05, 3.63) is 63.7 Å². The fraction of sp³-hybridized carbons (Fsp3) is 0.200. The van der Waals surface area contributed by atoms with Gasteiger partial charge in [0.25, 0.3) is 5.69 Å². The third-order valence-corrected chi connectivity index (χ3v) is 4.12. The van der Waals surface area contributed by atoms with E-state index in [4.69, 9.17) is 5.11 Å². The first-order chi connectivity index (χ1) is 10.1. The minimum Gasteiger partial charge on any atom is -0.392 e. The van der Waals surface area contributed by atoms with Gasteiger partial charge in [0.05, 0.1) is 11.5 Å². The van der Waals surface area contributed by atoms with Crippen molar-refractivity contribution in [2.24, 2.45) is 0 Å². The Morgan fingerprint density at radius 1 is 1.19 bits per heavy atom. The zero-order valence-electron chi connectivity index (χ0n) is 11.6. The van der Waals surface area contributed by atoms with E-state index in [0.29, 0.717) is 11.4 Å². The van der Waals surface area contributed by atoms with E-state index in [1.54, 1.807) is 30.9 Å². The van der Waals surface area contributed by atoms with Crippen molar-refractivity contribution in [3.63, 3.8) is 0 Å². The minimum atomic E-state index is -0.379. The maximum absolute atomic E-state index is 11.0. The van der Waals surface area contributed by atoms with Gasteiger partial charge >= 0.3 is 0 Å². The Morgan fingerprint density at radius 3 is 2.43 bits per heavy atom. The van der Waals surface area contributed by atoms with Crippen LogP contribution in [0.1, 0.15) is 11.1 Å². The van der Waals surface area contributed by atoms with Crippen molar-refractivity contribution < 1.29 is 10.0 Å². The zero-order valence-corrected chi connectivity index (χ0v) is 12.4. The molecule has 0 fully saturated rings. The van der Waals surface area contributed by atoms with E-state index >= 15 is 0 Å². The van der Waals surface area contributed by atoms with Crippen LogP contribution in [0.25, 0.3) is 0 Å². The number of hydrogen-bond acceptors (Lipinski definition) is 5. The summed E-state index contributed by atoms with van der Waals surface area (Å²) in [7, 11) is 1.67. The van der Waals surface area contributed by atoms with E-state index in [2.05, 4.69) is 5.32 Å². The van der Waals surface area contributed by atoms with E-state index in [1.807, 2.05) is 30.3 Å². The molecule has 0 saturated carbocycles. The lowest BCUT2D eigenvalue weighted by atomic mass is 10.2. The van der Waals surface area contributed by atoms with Gasteiger partial charge in [-0.2, -0.15) is 0 Å². The Kier molecular flexibility index (Phi) is 5.19. The maximum atomic E-state index is 11.0. The Balaban J connectivity index is 2.08. The molecule has 0 spiro atoms. The van der Waals surface area contributed by atoms with Crippen LogP contribution in [0.5, 0.6) is 0 Å². The number of anilines is 1. The maximum Gasteiger partial charge on any atom is 0.292 e. The second-order valence-corrected chi connectivity index (χ2v) is 5.50. The predicted octanol–water partition coefficient (Wildman–Crippen LogP) is 3.42. The molecule has 0 radical (unpaired) electrons. The Bertz CT molecular complexity index is 629. The molecule has 0 unspecified atom stereocenters. The highest BCUT2D eigenvalue weighted by Gasteiger charge is 2.13. The van der Waals surface area contributed by atoms with Gasteiger partial charge in [0.15, 0.2) is 0 Å². The molecular weight excluding hydrogens is 288 g/mol. The van der Waals surface area contributed by atoms with Crippen molar-refractivity contribution in [1.29, 1.82) is 0 Å². The van der Waals surface area contributed by atoms with Gasteiger partial charge in [-0.1, -0.05) is 18.2 Å². The summed E-state index contributed by atoms with van der Waals surface area (Å²) in [5.74, 6) is 0.656. The summed E-state index contributed by atoms with van der Waals surface area (Å²) < 4.78 is 0. The van der Waals surface area contributed by atoms with E-state index < -0.39 is 0 Å². The highest BCUT2D eigenvalue weighted by atomic mass is 32.2. The van der Waals surface area contributed by atoms with Crippen molar-refractivity contribution in [2.75, 3.05) is 12.4 Å². The van der Waals surface area contributed by atoms with Crippen LogP contribution in [-0.4, -0.2) is 17.1 Å². The first kappa shape index (κ1) is 15.3. The number of hydrogen-bond donors (Lipinski definition) is 2. The molecule has 0 amide bonds. The summed E-state index contributed by atoms with van der Waals surface area (Å²) in [5, 5.41) is 22.8. The van der Waals surface area contributed by atoms with Gasteiger partial charge in [-0.25, -0.2) is 0 Å². The van der Waals surface area contributed by atoms with Crippen LogP contribution in [-0.2, 0) is 12.4 Å². The van der Waals surface area contributed by atoms with E-state index in [-0.39, 0.29) is 17.2 Å². The van der Waals surface area contributed by atoms with Crippen LogP contribution in [0.4, 0.5) is 11.4 Å². The smallest absolute Gasteiger partial charge is 0.292 e. The van der Waals surface area contributed by atoms with Crippen LogP contribution in [0.3, 0.4) is 0 Å². The molecule has 0 aliphatic carbocycles. The average molecular weight is 304 g/mol. The third kappa shape index (κ3) is 3.96. The van der Waals surface area contributed by atoms with Crippen LogP contribution in [0, 0.1) is 10.1 Å². The topological polar surface area (TPSA) is 75.4 Å². The van der Waals surface area contributed by atoms with Crippen molar-refractivity contribution in [2.45, 2.75) is 17.3 Å². The molecule has 6 heteroatoms. The molecule has 0 bridgehead atoms. The molecule has 21 heavy (non-hydrogen) atoms. The fourth-order valence-electron chi connectivity index (χ4n) is 1.89. The number of rotatable bonds is 6. The molecule has 0 aliphatic heterocycles. The Morgan fingerprint density at radius 2 is 1.86 bits per heavy atom. The summed E-state index contributed by atoms with van der Waals surface area (Å²) >= 11 is 1.60. The molecule has 110 valence electrons. The van der Waals surface area contributed by atoms with Crippen molar-refractivity contribution in [1.82, 2.24) is 0 Å². The number of nitrogens with zero attached hydrogens (tertiary/aromatic N) is 1. The highest BCUT2D eigenvalue weighted by Crippen LogP contribution is 2.29. The van der Waals surface area contributed by atoms with Crippen LogP contribution >= 0.6 is 11.8 Å². The van der Waals surface area contributed by atoms with Gasteiger partial charge in [-0.15, -0.1) is 11.8 Å².